The first kappa shape index (κ1) is 16.1. The van der Waals surface area contributed by atoms with Crippen molar-refractivity contribution in [2.75, 3.05) is 24.3 Å². The fourth-order valence-electron chi connectivity index (χ4n) is 3.27. The summed E-state index contributed by atoms with van der Waals surface area (Å²) in [7, 11) is 4.14. The van der Waals surface area contributed by atoms with Crippen molar-refractivity contribution in [1.82, 2.24) is 9.97 Å². The Balaban J connectivity index is 2.26. The van der Waals surface area contributed by atoms with Crippen LogP contribution in [-0.2, 0) is 6.42 Å². The molecule has 1 aliphatic rings. The monoisotopic (exact) mass is 290 g/mol. The van der Waals surface area contributed by atoms with Crippen molar-refractivity contribution < 1.29 is 0 Å². The van der Waals surface area contributed by atoms with Crippen molar-refractivity contribution in [2.45, 2.75) is 65.3 Å². The minimum absolute atomic E-state index is 0.619. The number of nitrogens with one attached hydrogen (secondary N) is 1. The highest BCUT2D eigenvalue weighted by Crippen LogP contribution is 2.31. The Morgan fingerprint density at radius 1 is 1.19 bits per heavy atom. The quantitative estimate of drug-likeness (QED) is 0.895. The van der Waals surface area contributed by atoms with E-state index >= 15 is 0 Å². The summed E-state index contributed by atoms with van der Waals surface area (Å²) in [5, 5.41) is 3.22. The lowest BCUT2D eigenvalue weighted by molar-refractivity contribution is 0.339. The summed E-state index contributed by atoms with van der Waals surface area (Å²) in [5.41, 5.74) is 1.17. The van der Waals surface area contributed by atoms with Crippen molar-refractivity contribution in [1.29, 1.82) is 0 Å². The van der Waals surface area contributed by atoms with Crippen LogP contribution in [0.4, 0.5) is 11.6 Å². The summed E-state index contributed by atoms with van der Waals surface area (Å²) in [4.78, 5) is 11.9. The molecule has 4 nitrogen and oxygen atoms in total. The van der Waals surface area contributed by atoms with Crippen LogP contribution >= 0.6 is 0 Å². The van der Waals surface area contributed by atoms with Crippen LogP contribution in [0.25, 0.3) is 0 Å². The van der Waals surface area contributed by atoms with Crippen LogP contribution in [0.15, 0.2) is 0 Å². The van der Waals surface area contributed by atoms with Crippen LogP contribution in [0.2, 0.25) is 0 Å². The normalized spacial score (nSPS) is 22.1. The molecule has 0 aliphatic heterocycles. The molecule has 0 radical (unpaired) electrons. The van der Waals surface area contributed by atoms with Crippen LogP contribution in [0.1, 0.15) is 57.3 Å². The Kier molecular flexibility index (Phi) is 5.43. The highest BCUT2D eigenvalue weighted by atomic mass is 15.2. The van der Waals surface area contributed by atoms with Gasteiger partial charge in [-0.1, -0.05) is 13.8 Å². The van der Waals surface area contributed by atoms with Gasteiger partial charge in [-0.15, -0.1) is 0 Å². The minimum Gasteiger partial charge on any atom is -0.373 e. The molecule has 1 heterocycles. The highest BCUT2D eigenvalue weighted by molar-refractivity contribution is 5.58. The molecule has 2 rings (SSSR count). The third-order valence-electron chi connectivity index (χ3n) is 4.74. The molecular weight excluding hydrogens is 260 g/mol. The van der Waals surface area contributed by atoms with E-state index in [1.165, 1.54) is 31.2 Å². The van der Waals surface area contributed by atoms with Crippen molar-refractivity contribution in [3.05, 3.63) is 11.4 Å². The average molecular weight is 290 g/mol. The van der Waals surface area contributed by atoms with Gasteiger partial charge in [0.05, 0.1) is 0 Å². The number of rotatable bonds is 5. The van der Waals surface area contributed by atoms with E-state index in [0.29, 0.717) is 6.04 Å². The SMILES string of the molecule is CCCc1nc(NC)c(C)c(N(C)C2CCC(C)CC2)n1. The van der Waals surface area contributed by atoms with Crippen LogP contribution in [0.3, 0.4) is 0 Å². The first-order valence-electron chi connectivity index (χ1n) is 8.34. The predicted molar refractivity (Wildman–Crippen MR) is 90.1 cm³/mol. The Hall–Kier alpha value is -1.32. The van der Waals surface area contributed by atoms with Crippen LogP contribution in [0.5, 0.6) is 0 Å². The Morgan fingerprint density at radius 3 is 2.43 bits per heavy atom. The molecule has 0 unspecified atom stereocenters. The zero-order valence-electron chi connectivity index (χ0n) is 14.2. The Labute approximate surface area is 129 Å². The summed E-state index contributed by atoms with van der Waals surface area (Å²) >= 11 is 0. The lowest BCUT2D eigenvalue weighted by Crippen LogP contribution is -2.36. The lowest BCUT2D eigenvalue weighted by Gasteiger charge is -2.35. The van der Waals surface area contributed by atoms with E-state index in [2.05, 4.69) is 43.0 Å². The molecule has 1 aliphatic carbocycles. The van der Waals surface area contributed by atoms with Gasteiger partial charge in [0.15, 0.2) is 0 Å². The van der Waals surface area contributed by atoms with E-state index in [1.54, 1.807) is 0 Å². The molecule has 1 fully saturated rings. The maximum atomic E-state index is 4.84. The molecule has 0 spiro atoms. The zero-order valence-corrected chi connectivity index (χ0v) is 14.2. The van der Waals surface area contributed by atoms with E-state index in [-0.39, 0.29) is 0 Å². The van der Waals surface area contributed by atoms with Crippen molar-refractivity contribution >= 4 is 11.6 Å². The number of hydrogen-bond donors (Lipinski definition) is 1. The summed E-state index contributed by atoms with van der Waals surface area (Å²) in [5.74, 6) is 3.92. The summed E-state index contributed by atoms with van der Waals surface area (Å²) in [6.07, 6.45) is 7.24. The van der Waals surface area contributed by atoms with Gasteiger partial charge in [-0.3, -0.25) is 0 Å². The largest absolute Gasteiger partial charge is 0.373 e. The molecule has 1 saturated carbocycles. The van der Waals surface area contributed by atoms with Gasteiger partial charge in [-0.25, -0.2) is 9.97 Å². The highest BCUT2D eigenvalue weighted by Gasteiger charge is 2.24. The molecule has 4 heteroatoms. The van der Waals surface area contributed by atoms with Gasteiger partial charge >= 0.3 is 0 Å². The molecule has 0 atom stereocenters. The van der Waals surface area contributed by atoms with Crippen molar-refractivity contribution in [3.8, 4) is 0 Å². The number of anilines is 2. The van der Waals surface area contributed by atoms with E-state index in [9.17, 15) is 0 Å². The Morgan fingerprint density at radius 2 is 1.86 bits per heavy atom. The first-order chi connectivity index (χ1) is 10.1. The van der Waals surface area contributed by atoms with Gasteiger partial charge in [-0.2, -0.15) is 0 Å². The zero-order chi connectivity index (χ0) is 15.4. The molecule has 0 saturated heterocycles. The molecule has 0 bridgehead atoms. The minimum atomic E-state index is 0.619. The number of hydrogen-bond acceptors (Lipinski definition) is 4. The number of aryl methyl sites for hydroxylation is 1. The predicted octanol–water partition coefficient (Wildman–Crippen LogP) is 3.79. The smallest absolute Gasteiger partial charge is 0.137 e. The summed E-state index contributed by atoms with van der Waals surface area (Å²) in [6, 6.07) is 0.619. The molecule has 0 amide bonds. The second-order valence-corrected chi connectivity index (χ2v) is 6.46. The van der Waals surface area contributed by atoms with Gasteiger partial charge in [0.25, 0.3) is 0 Å². The summed E-state index contributed by atoms with van der Waals surface area (Å²) in [6.45, 7) is 6.66. The molecular formula is C17H30N4. The van der Waals surface area contributed by atoms with Crippen LogP contribution in [0, 0.1) is 12.8 Å². The van der Waals surface area contributed by atoms with Crippen LogP contribution < -0.4 is 10.2 Å². The van der Waals surface area contributed by atoms with Gasteiger partial charge in [0.2, 0.25) is 0 Å². The molecule has 1 aromatic rings. The van der Waals surface area contributed by atoms with Gasteiger partial charge < -0.3 is 10.2 Å². The molecule has 0 aromatic carbocycles. The van der Waals surface area contributed by atoms with Gasteiger partial charge in [-0.05, 0) is 44.9 Å². The van der Waals surface area contributed by atoms with Crippen LogP contribution in [-0.4, -0.2) is 30.1 Å². The van der Waals surface area contributed by atoms with E-state index < -0.39 is 0 Å². The lowest BCUT2D eigenvalue weighted by atomic mass is 9.86. The molecule has 118 valence electrons. The van der Waals surface area contributed by atoms with E-state index in [0.717, 1.165) is 36.2 Å². The molecule has 1 aromatic heterocycles. The third kappa shape index (κ3) is 3.66. The van der Waals surface area contributed by atoms with Gasteiger partial charge in [0.1, 0.15) is 17.5 Å². The Bertz CT molecular complexity index is 464. The third-order valence-corrected chi connectivity index (χ3v) is 4.74. The molecule has 21 heavy (non-hydrogen) atoms. The van der Waals surface area contributed by atoms with Crippen molar-refractivity contribution in [2.24, 2.45) is 5.92 Å². The standard InChI is InChI=1S/C17H30N4/c1-6-7-15-19-16(18-4)13(3)17(20-15)21(5)14-10-8-12(2)9-11-14/h12,14H,6-11H2,1-5H3,(H,18,19,20). The van der Waals surface area contributed by atoms with Gasteiger partial charge in [0, 0.05) is 32.1 Å². The van der Waals surface area contributed by atoms with E-state index in [4.69, 9.17) is 4.98 Å². The fraction of sp³-hybridized carbons (Fsp3) is 0.765. The van der Waals surface area contributed by atoms with E-state index in [1.807, 2.05) is 7.05 Å². The summed E-state index contributed by atoms with van der Waals surface area (Å²) < 4.78 is 0. The van der Waals surface area contributed by atoms with Crippen molar-refractivity contribution in [3.63, 3.8) is 0 Å². The number of nitrogens with zero attached hydrogens (tertiary/aromatic N) is 3. The average Bonchev–Trinajstić information content (AvgIpc) is 2.49. The second-order valence-electron chi connectivity index (χ2n) is 6.46. The maximum Gasteiger partial charge on any atom is 0.137 e. The molecule has 1 N–H and O–H groups in total. The topological polar surface area (TPSA) is 41.1 Å². The second kappa shape index (κ2) is 7.10. The number of aromatic nitrogens is 2. The fourth-order valence-corrected chi connectivity index (χ4v) is 3.27. The first-order valence-corrected chi connectivity index (χ1v) is 8.34. The maximum absolute atomic E-state index is 4.84.